The number of nitrogens with one attached hydrogen (secondary N) is 2. The van der Waals surface area contributed by atoms with Crippen LogP contribution in [0.5, 0.6) is 5.75 Å². The van der Waals surface area contributed by atoms with E-state index in [1.165, 1.54) is 18.4 Å². The fourth-order valence-electron chi connectivity index (χ4n) is 3.54. The monoisotopic (exact) mass is 455 g/mol. The Morgan fingerprint density at radius 1 is 1.19 bits per heavy atom. The lowest BCUT2D eigenvalue weighted by Crippen LogP contribution is -2.26. The smallest absolute Gasteiger partial charge is 0.259 e. The van der Waals surface area contributed by atoms with Crippen molar-refractivity contribution in [3.63, 3.8) is 0 Å². The Bertz CT molecular complexity index is 1060. The lowest BCUT2D eigenvalue weighted by atomic mass is 10.1. The molecule has 1 fully saturated rings. The van der Waals surface area contributed by atoms with E-state index in [0.717, 1.165) is 36.5 Å². The molecule has 4 rings (SSSR count). The van der Waals surface area contributed by atoms with Gasteiger partial charge in [0, 0.05) is 26.2 Å². The van der Waals surface area contributed by atoms with Gasteiger partial charge in [0.1, 0.15) is 5.75 Å². The van der Waals surface area contributed by atoms with Crippen molar-refractivity contribution in [2.75, 3.05) is 42.8 Å². The molecule has 0 spiro atoms. The highest BCUT2D eigenvalue weighted by Crippen LogP contribution is 2.27. The molecule has 1 aliphatic rings. The summed E-state index contributed by atoms with van der Waals surface area (Å²) in [6.07, 6.45) is 1.93. The van der Waals surface area contributed by atoms with Crippen LogP contribution in [0.4, 0.5) is 16.1 Å². The zero-order valence-electron chi connectivity index (χ0n) is 18.1. The van der Waals surface area contributed by atoms with E-state index in [1.807, 2.05) is 13.0 Å². The van der Waals surface area contributed by atoms with E-state index in [-0.39, 0.29) is 11.9 Å². The summed E-state index contributed by atoms with van der Waals surface area (Å²) < 4.78 is 10.6. The van der Waals surface area contributed by atoms with Gasteiger partial charge in [-0.15, -0.1) is 15.3 Å². The summed E-state index contributed by atoms with van der Waals surface area (Å²) in [5.74, 6) is 1.28. The number of carbonyl (C=O) groups excluding carboxylic acids is 1. The van der Waals surface area contributed by atoms with E-state index in [2.05, 4.69) is 35.9 Å². The lowest BCUT2D eigenvalue weighted by Gasteiger charge is -2.17. The van der Waals surface area contributed by atoms with E-state index in [9.17, 15) is 4.79 Å². The number of aryl methyl sites for hydroxylation is 1. The van der Waals surface area contributed by atoms with Crippen molar-refractivity contribution in [3.8, 4) is 5.75 Å². The van der Waals surface area contributed by atoms with Crippen molar-refractivity contribution in [1.29, 1.82) is 0 Å². The van der Waals surface area contributed by atoms with E-state index < -0.39 is 6.10 Å². The molecule has 3 heterocycles. The Morgan fingerprint density at radius 3 is 2.69 bits per heavy atom. The molecule has 2 aromatic heterocycles. The van der Waals surface area contributed by atoms with Crippen molar-refractivity contribution in [3.05, 3.63) is 47.7 Å². The number of amides is 1. The van der Waals surface area contributed by atoms with Crippen molar-refractivity contribution in [2.24, 2.45) is 0 Å². The van der Waals surface area contributed by atoms with E-state index in [4.69, 9.17) is 9.47 Å². The van der Waals surface area contributed by atoms with Crippen LogP contribution in [0.1, 0.15) is 23.7 Å². The predicted molar refractivity (Wildman–Crippen MR) is 122 cm³/mol. The maximum absolute atomic E-state index is 12.7. The number of nitrogens with zero attached hydrogens (tertiary/aromatic N) is 5. The highest BCUT2D eigenvalue weighted by Gasteiger charge is 2.26. The molecule has 0 bridgehead atoms. The summed E-state index contributed by atoms with van der Waals surface area (Å²) in [4.78, 5) is 14.9. The molecule has 0 saturated carbocycles. The molecule has 3 aromatic rings. The first-order valence-electron chi connectivity index (χ1n) is 10.2. The first kappa shape index (κ1) is 21.9. The average molecular weight is 456 g/mol. The Hall–Kier alpha value is -3.31. The molecule has 0 aliphatic carbocycles. The first-order valence-corrected chi connectivity index (χ1v) is 11.0. The SMILES string of the molecule is COc1ccc([C@H](OC)C(=O)Nc2nnc(N[C@@H]3CCN(c4cc(C)cnn4)C3)s2)cc1. The van der Waals surface area contributed by atoms with Gasteiger partial charge in [-0.05, 0) is 42.7 Å². The molecule has 1 amide bonds. The van der Waals surface area contributed by atoms with E-state index in [1.54, 1.807) is 37.6 Å². The molecule has 11 heteroatoms. The normalized spacial score (nSPS) is 16.6. The van der Waals surface area contributed by atoms with Crippen LogP contribution < -0.4 is 20.3 Å². The van der Waals surface area contributed by atoms with Gasteiger partial charge in [0.15, 0.2) is 11.9 Å². The third-order valence-electron chi connectivity index (χ3n) is 5.17. The van der Waals surface area contributed by atoms with Crippen LogP contribution in [0.15, 0.2) is 36.5 Å². The molecule has 2 N–H and O–H groups in total. The second-order valence-electron chi connectivity index (χ2n) is 7.46. The standard InChI is InChI=1S/C21H25N7O3S/c1-13-10-17(25-22-11-13)28-9-8-15(12-28)23-20-26-27-21(32-20)24-19(29)18(31-3)14-4-6-16(30-2)7-5-14/h4-7,10-11,15,18H,8-9,12H2,1-3H3,(H,23,26)(H,24,27,29)/t15-,18+/m1/s1. The molecule has 1 aromatic carbocycles. The van der Waals surface area contributed by atoms with Gasteiger partial charge in [0.05, 0.1) is 13.3 Å². The molecule has 168 valence electrons. The van der Waals surface area contributed by atoms with Crippen LogP contribution >= 0.6 is 11.3 Å². The molecular formula is C21H25N7O3S. The minimum Gasteiger partial charge on any atom is -0.497 e. The van der Waals surface area contributed by atoms with Crippen LogP contribution in [0.2, 0.25) is 0 Å². The van der Waals surface area contributed by atoms with Crippen LogP contribution in [0.3, 0.4) is 0 Å². The van der Waals surface area contributed by atoms with E-state index in [0.29, 0.717) is 16.0 Å². The number of hydrogen-bond donors (Lipinski definition) is 2. The van der Waals surface area contributed by atoms with E-state index >= 15 is 0 Å². The average Bonchev–Trinajstić information content (AvgIpc) is 3.44. The van der Waals surface area contributed by atoms with Gasteiger partial charge in [0.25, 0.3) is 5.91 Å². The summed E-state index contributed by atoms with van der Waals surface area (Å²) in [7, 11) is 3.09. The Morgan fingerprint density at radius 2 is 1.97 bits per heavy atom. The minimum absolute atomic E-state index is 0.208. The van der Waals surface area contributed by atoms with Crippen molar-refractivity contribution >= 4 is 33.3 Å². The molecule has 1 aliphatic heterocycles. The Balaban J connectivity index is 1.33. The second-order valence-corrected chi connectivity index (χ2v) is 8.44. The first-order chi connectivity index (χ1) is 15.6. The van der Waals surface area contributed by atoms with Crippen LogP contribution in [0.25, 0.3) is 0 Å². The molecule has 10 nitrogen and oxygen atoms in total. The van der Waals surface area contributed by atoms with Gasteiger partial charge in [-0.2, -0.15) is 5.10 Å². The van der Waals surface area contributed by atoms with Crippen LogP contribution in [-0.2, 0) is 9.53 Å². The molecule has 0 radical (unpaired) electrons. The van der Waals surface area contributed by atoms with Gasteiger partial charge in [-0.1, -0.05) is 23.5 Å². The highest BCUT2D eigenvalue weighted by atomic mass is 32.1. The zero-order chi connectivity index (χ0) is 22.5. The fourth-order valence-corrected chi connectivity index (χ4v) is 4.26. The number of rotatable bonds is 8. The summed E-state index contributed by atoms with van der Waals surface area (Å²) in [6, 6.07) is 9.40. The maximum Gasteiger partial charge on any atom is 0.259 e. The van der Waals surface area contributed by atoms with Crippen LogP contribution in [-0.4, -0.2) is 59.7 Å². The molecule has 1 saturated heterocycles. The number of methoxy groups -OCH3 is 2. The number of aromatic nitrogens is 4. The summed E-state index contributed by atoms with van der Waals surface area (Å²) in [5, 5.41) is 23.7. The molecule has 2 atom stereocenters. The maximum atomic E-state index is 12.7. The summed E-state index contributed by atoms with van der Waals surface area (Å²) in [5.41, 5.74) is 1.80. The van der Waals surface area contributed by atoms with Crippen molar-refractivity contribution in [2.45, 2.75) is 25.5 Å². The Labute approximate surface area is 190 Å². The number of carbonyl (C=O) groups is 1. The predicted octanol–water partition coefficient (Wildman–Crippen LogP) is 2.66. The number of anilines is 3. The van der Waals surface area contributed by atoms with Gasteiger partial charge in [-0.25, -0.2) is 0 Å². The number of hydrogen-bond acceptors (Lipinski definition) is 10. The molecule has 32 heavy (non-hydrogen) atoms. The van der Waals surface area contributed by atoms with Gasteiger partial charge in [-0.3, -0.25) is 10.1 Å². The minimum atomic E-state index is -0.764. The summed E-state index contributed by atoms with van der Waals surface area (Å²) in [6.45, 7) is 3.68. The van der Waals surface area contributed by atoms with Crippen molar-refractivity contribution < 1.29 is 14.3 Å². The lowest BCUT2D eigenvalue weighted by molar-refractivity contribution is -0.126. The quantitative estimate of drug-likeness (QED) is 0.529. The Kier molecular flexibility index (Phi) is 6.76. The van der Waals surface area contributed by atoms with Gasteiger partial charge in [0.2, 0.25) is 10.3 Å². The largest absolute Gasteiger partial charge is 0.497 e. The zero-order valence-corrected chi connectivity index (χ0v) is 18.9. The molecular weight excluding hydrogens is 430 g/mol. The second kappa shape index (κ2) is 9.88. The number of ether oxygens (including phenoxy) is 2. The number of benzene rings is 1. The van der Waals surface area contributed by atoms with Gasteiger partial charge < -0.3 is 19.7 Å². The van der Waals surface area contributed by atoms with Crippen LogP contribution in [0, 0.1) is 6.92 Å². The summed E-state index contributed by atoms with van der Waals surface area (Å²) >= 11 is 1.29. The van der Waals surface area contributed by atoms with Crippen molar-refractivity contribution in [1.82, 2.24) is 20.4 Å². The molecule has 0 unspecified atom stereocenters. The van der Waals surface area contributed by atoms with Gasteiger partial charge >= 0.3 is 0 Å². The third kappa shape index (κ3) is 5.11. The highest BCUT2D eigenvalue weighted by molar-refractivity contribution is 7.19. The fraction of sp³-hybridized carbons (Fsp3) is 0.381. The topological polar surface area (TPSA) is 114 Å². The third-order valence-corrected chi connectivity index (χ3v) is 5.94.